The van der Waals surface area contributed by atoms with E-state index in [2.05, 4.69) is 15.6 Å². The van der Waals surface area contributed by atoms with Crippen LogP contribution in [-0.2, 0) is 17.8 Å². The number of carbonyl (C=O) groups is 1. The highest BCUT2D eigenvalue weighted by Gasteiger charge is 2.13. The molecule has 6 nitrogen and oxygen atoms in total. The summed E-state index contributed by atoms with van der Waals surface area (Å²) in [6.07, 6.45) is 0.111. The molecular formula is C19H14FN3O3. The third-order valence-corrected chi connectivity index (χ3v) is 3.93. The van der Waals surface area contributed by atoms with E-state index in [4.69, 9.17) is 9.05 Å². The standard InChI is InChI=1S/C19H14FN3O3/c20-13-7-5-12(6-8-13)18-9-14(22-26-18)11-21-19(24)10-16-15-3-1-2-4-17(15)25-23-16/h1-9H,10-11H2,(H,21,24). The van der Waals surface area contributed by atoms with E-state index in [0.29, 0.717) is 28.3 Å². The summed E-state index contributed by atoms with van der Waals surface area (Å²) in [6, 6.07) is 15.0. The molecule has 0 aliphatic carbocycles. The van der Waals surface area contributed by atoms with E-state index < -0.39 is 0 Å². The Balaban J connectivity index is 1.38. The van der Waals surface area contributed by atoms with Crippen molar-refractivity contribution in [2.24, 2.45) is 0 Å². The first kappa shape index (κ1) is 16.0. The van der Waals surface area contributed by atoms with E-state index in [9.17, 15) is 9.18 Å². The van der Waals surface area contributed by atoms with Gasteiger partial charge in [-0.05, 0) is 36.4 Å². The molecule has 4 aromatic rings. The number of benzene rings is 2. The Hall–Kier alpha value is -3.48. The van der Waals surface area contributed by atoms with Crippen LogP contribution in [0, 0.1) is 5.82 Å². The van der Waals surface area contributed by atoms with E-state index in [1.54, 1.807) is 24.3 Å². The number of nitrogens with one attached hydrogen (secondary N) is 1. The molecule has 2 aromatic carbocycles. The van der Waals surface area contributed by atoms with E-state index in [1.165, 1.54) is 12.1 Å². The number of rotatable bonds is 5. The molecule has 0 saturated heterocycles. The highest BCUT2D eigenvalue weighted by molar-refractivity contribution is 5.86. The van der Waals surface area contributed by atoms with Crippen molar-refractivity contribution in [3.63, 3.8) is 0 Å². The number of hydrogen-bond acceptors (Lipinski definition) is 5. The van der Waals surface area contributed by atoms with Gasteiger partial charge in [-0.25, -0.2) is 4.39 Å². The van der Waals surface area contributed by atoms with Gasteiger partial charge < -0.3 is 14.4 Å². The molecule has 1 N–H and O–H groups in total. The summed E-state index contributed by atoms with van der Waals surface area (Å²) in [5, 5.41) is 11.5. The molecule has 4 rings (SSSR count). The summed E-state index contributed by atoms with van der Waals surface area (Å²) >= 11 is 0. The van der Waals surface area contributed by atoms with Gasteiger partial charge in [0.25, 0.3) is 0 Å². The van der Waals surface area contributed by atoms with Gasteiger partial charge in [-0.3, -0.25) is 4.79 Å². The molecule has 130 valence electrons. The lowest BCUT2D eigenvalue weighted by atomic mass is 10.1. The Morgan fingerprint density at radius 2 is 1.85 bits per heavy atom. The van der Waals surface area contributed by atoms with Crippen molar-refractivity contribution < 1.29 is 18.2 Å². The number of carbonyl (C=O) groups excluding carboxylic acids is 1. The third-order valence-electron chi connectivity index (χ3n) is 3.93. The summed E-state index contributed by atoms with van der Waals surface area (Å²) in [7, 11) is 0. The summed E-state index contributed by atoms with van der Waals surface area (Å²) in [6.45, 7) is 0.222. The number of halogens is 1. The molecule has 2 heterocycles. The molecule has 0 bridgehead atoms. The van der Waals surface area contributed by atoms with Crippen LogP contribution in [-0.4, -0.2) is 16.2 Å². The van der Waals surface area contributed by atoms with Crippen LogP contribution in [0.1, 0.15) is 11.4 Å². The molecule has 0 radical (unpaired) electrons. The zero-order chi connectivity index (χ0) is 17.9. The van der Waals surface area contributed by atoms with Gasteiger partial charge in [-0.2, -0.15) is 0 Å². The quantitative estimate of drug-likeness (QED) is 0.595. The van der Waals surface area contributed by atoms with Gasteiger partial charge >= 0.3 is 0 Å². The Morgan fingerprint density at radius 3 is 2.69 bits per heavy atom. The summed E-state index contributed by atoms with van der Waals surface area (Å²) in [4.78, 5) is 12.1. The zero-order valence-corrected chi connectivity index (χ0v) is 13.6. The summed E-state index contributed by atoms with van der Waals surface area (Å²) in [5.74, 6) is -0.00624. The van der Waals surface area contributed by atoms with Crippen LogP contribution < -0.4 is 5.32 Å². The number of fused-ring (bicyclic) bond motifs is 1. The molecule has 0 atom stereocenters. The fourth-order valence-electron chi connectivity index (χ4n) is 2.61. The first-order valence-electron chi connectivity index (χ1n) is 8.00. The smallest absolute Gasteiger partial charge is 0.226 e. The lowest BCUT2D eigenvalue weighted by Gasteiger charge is -2.00. The number of aromatic nitrogens is 2. The minimum Gasteiger partial charge on any atom is -0.356 e. The van der Waals surface area contributed by atoms with Crippen LogP contribution in [0.15, 0.2) is 63.6 Å². The molecule has 7 heteroatoms. The zero-order valence-electron chi connectivity index (χ0n) is 13.6. The number of hydrogen-bond donors (Lipinski definition) is 1. The van der Waals surface area contributed by atoms with Gasteiger partial charge in [0.05, 0.1) is 13.0 Å². The van der Waals surface area contributed by atoms with Crippen LogP contribution in [0.5, 0.6) is 0 Å². The van der Waals surface area contributed by atoms with Crippen molar-refractivity contribution in [1.82, 2.24) is 15.6 Å². The monoisotopic (exact) mass is 351 g/mol. The molecule has 26 heavy (non-hydrogen) atoms. The summed E-state index contributed by atoms with van der Waals surface area (Å²) < 4.78 is 23.4. The topological polar surface area (TPSA) is 81.2 Å². The van der Waals surface area contributed by atoms with Gasteiger partial charge in [0, 0.05) is 17.0 Å². The average Bonchev–Trinajstić information content (AvgIpc) is 3.28. The van der Waals surface area contributed by atoms with Gasteiger partial charge in [-0.1, -0.05) is 22.4 Å². The van der Waals surface area contributed by atoms with Gasteiger partial charge in [-0.15, -0.1) is 0 Å². The SMILES string of the molecule is O=C(Cc1noc2ccccc12)NCc1cc(-c2ccc(F)cc2)on1. The third kappa shape index (κ3) is 3.32. The minimum atomic E-state index is -0.318. The van der Waals surface area contributed by atoms with Crippen molar-refractivity contribution in [3.8, 4) is 11.3 Å². The maximum absolute atomic E-state index is 13.0. The van der Waals surface area contributed by atoms with Gasteiger partial charge in [0.1, 0.15) is 17.2 Å². The first-order valence-corrected chi connectivity index (χ1v) is 8.00. The molecule has 0 unspecified atom stereocenters. The van der Waals surface area contributed by atoms with Crippen molar-refractivity contribution in [2.45, 2.75) is 13.0 Å². The maximum Gasteiger partial charge on any atom is 0.226 e. The van der Waals surface area contributed by atoms with Crippen LogP contribution >= 0.6 is 0 Å². The minimum absolute atomic E-state index is 0.111. The molecular weight excluding hydrogens is 337 g/mol. The van der Waals surface area contributed by atoms with Crippen molar-refractivity contribution in [1.29, 1.82) is 0 Å². The normalized spacial score (nSPS) is 11.0. The Morgan fingerprint density at radius 1 is 1.04 bits per heavy atom. The van der Waals surface area contributed by atoms with Gasteiger partial charge in [0.2, 0.25) is 5.91 Å². The summed E-state index contributed by atoms with van der Waals surface area (Å²) in [5.41, 5.74) is 2.52. The predicted molar refractivity (Wildman–Crippen MR) is 91.5 cm³/mol. The van der Waals surface area contributed by atoms with E-state index >= 15 is 0 Å². The van der Waals surface area contributed by atoms with Crippen molar-refractivity contribution in [3.05, 3.63) is 71.8 Å². The fraction of sp³-hybridized carbons (Fsp3) is 0.105. The molecule has 0 fully saturated rings. The maximum atomic E-state index is 13.0. The average molecular weight is 351 g/mol. The number of para-hydroxylation sites is 1. The highest BCUT2D eigenvalue weighted by Crippen LogP contribution is 2.21. The number of amides is 1. The molecule has 2 aromatic heterocycles. The fourth-order valence-corrected chi connectivity index (χ4v) is 2.61. The van der Waals surface area contributed by atoms with Crippen LogP contribution in [0.4, 0.5) is 4.39 Å². The molecule has 0 aliphatic rings. The van der Waals surface area contributed by atoms with Crippen LogP contribution in [0.25, 0.3) is 22.3 Å². The van der Waals surface area contributed by atoms with Crippen molar-refractivity contribution >= 4 is 16.9 Å². The van der Waals surface area contributed by atoms with Crippen LogP contribution in [0.2, 0.25) is 0 Å². The van der Waals surface area contributed by atoms with Gasteiger partial charge in [0.15, 0.2) is 11.3 Å². The first-order chi connectivity index (χ1) is 12.7. The molecule has 0 aliphatic heterocycles. The van der Waals surface area contributed by atoms with Crippen molar-refractivity contribution in [2.75, 3.05) is 0 Å². The van der Waals surface area contributed by atoms with E-state index in [-0.39, 0.29) is 24.7 Å². The molecule has 0 saturated carbocycles. The van der Waals surface area contributed by atoms with E-state index in [1.807, 2.05) is 18.2 Å². The largest absolute Gasteiger partial charge is 0.356 e. The Labute approximate surface area is 147 Å². The molecule has 0 spiro atoms. The molecule has 1 amide bonds. The Bertz CT molecular complexity index is 1050. The van der Waals surface area contributed by atoms with Crippen LogP contribution in [0.3, 0.4) is 0 Å². The lowest BCUT2D eigenvalue weighted by molar-refractivity contribution is -0.120. The predicted octanol–water partition coefficient (Wildman–Crippen LogP) is 3.48. The lowest BCUT2D eigenvalue weighted by Crippen LogP contribution is -2.24. The second-order valence-corrected chi connectivity index (χ2v) is 5.77. The second-order valence-electron chi connectivity index (χ2n) is 5.77. The Kier molecular flexibility index (Phi) is 4.18. The number of nitrogens with zero attached hydrogens (tertiary/aromatic N) is 2. The van der Waals surface area contributed by atoms with E-state index in [0.717, 1.165) is 5.39 Å². The second kappa shape index (κ2) is 6.79. The highest BCUT2D eigenvalue weighted by atomic mass is 19.1.